The van der Waals surface area contributed by atoms with Gasteiger partial charge in [-0.25, -0.2) is 0 Å². The van der Waals surface area contributed by atoms with Crippen molar-refractivity contribution in [1.82, 2.24) is 0 Å². The molecule has 2 atom stereocenters. The molecule has 3 heteroatoms. The molecule has 1 fully saturated rings. The third kappa shape index (κ3) is 2.25. The molecule has 0 radical (unpaired) electrons. The highest BCUT2D eigenvalue weighted by atomic mass is 79.9. The lowest BCUT2D eigenvalue weighted by Gasteiger charge is -2.21. The summed E-state index contributed by atoms with van der Waals surface area (Å²) in [4.78, 5) is 2.38. The van der Waals surface area contributed by atoms with Gasteiger partial charge in [0.2, 0.25) is 0 Å². The number of hydrogen-bond acceptors (Lipinski definition) is 2. The van der Waals surface area contributed by atoms with E-state index in [1.807, 2.05) is 12.1 Å². The third-order valence-corrected chi connectivity index (χ3v) is 4.04. The van der Waals surface area contributed by atoms with Crippen molar-refractivity contribution in [1.29, 1.82) is 0 Å². The first-order chi connectivity index (χ1) is 7.61. The molecule has 0 aromatic heterocycles. The van der Waals surface area contributed by atoms with Gasteiger partial charge in [0.25, 0.3) is 0 Å². The number of aliphatic hydroxyl groups is 1. The highest BCUT2D eigenvalue weighted by Gasteiger charge is 2.27. The van der Waals surface area contributed by atoms with Crippen LogP contribution in [0.1, 0.15) is 19.4 Å². The van der Waals surface area contributed by atoms with Crippen molar-refractivity contribution in [2.45, 2.75) is 20.5 Å². The highest BCUT2D eigenvalue weighted by molar-refractivity contribution is 9.10. The molecule has 2 rings (SSSR count). The van der Waals surface area contributed by atoms with E-state index in [-0.39, 0.29) is 6.61 Å². The smallest absolute Gasteiger partial charge is 0.0702 e. The summed E-state index contributed by atoms with van der Waals surface area (Å²) in [7, 11) is 0. The zero-order valence-corrected chi connectivity index (χ0v) is 11.4. The Hall–Kier alpha value is -0.540. The van der Waals surface area contributed by atoms with Crippen LogP contribution >= 0.6 is 15.9 Å². The predicted molar refractivity (Wildman–Crippen MR) is 70.6 cm³/mol. The minimum absolute atomic E-state index is 0.113. The molecule has 0 amide bonds. The van der Waals surface area contributed by atoms with E-state index < -0.39 is 0 Å². The topological polar surface area (TPSA) is 23.5 Å². The first-order valence-electron chi connectivity index (χ1n) is 5.76. The quantitative estimate of drug-likeness (QED) is 0.902. The summed E-state index contributed by atoms with van der Waals surface area (Å²) in [6.07, 6.45) is 0. The first kappa shape index (κ1) is 11.9. The van der Waals surface area contributed by atoms with E-state index >= 15 is 0 Å². The Labute approximate surface area is 105 Å². The first-order valence-corrected chi connectivity index (χ1v) is 6.55. The van der Waals surface area contributed by atoms with Crippen LogP contribution in [0.15, 0.2) is 22.7 Å². The molecular formula is C13H18BrNO. The molecule has 0 spiro atoms. The molecule has 0 aliphatic carbocycles. The van der Waals surface area contributed by atoms with Gasteiger partial charge in [-0.1, -0.05) is 35.8 Å². The van der Waals surface area contributed by atoms with E-state index in [1.54, 1.807) is 0 Å². The molecule has 1 N–H and O–H groups in total. The summed E-state index contributed by atoms with van der Waals surface area (Å²) < 4.78 is 1.08. The fourth-order valence-electron chi connectivity index (χ4n) is 2.29. The summed E-state index contributed by atoms with van der Waals surface area (Å²) in [6, 6.07) is 6.08. The Morgan fingerprint density at radius 3 is 2.50 bits per heavy atom. The molecule has 88 valence electrons. The van der Waals surface area contributed by atoms with Gasteiger partial charge in [-0.15, -0.1) is 0 Å². The lowest BCUT2D eigenvalue weighted by molar-refractivity contribution is 0.282. The predicted octanol–water partition coefficient (Wildman–Crippen LogP) is 3.03. The Kier molecular flexibility index (Phi) is 3.55. The molecule has 1 aromatic carbocycles. The number of aliphatic hydroxyl groups excluding tert-OH is 1. The van der Waals surface area contributed by atoms with E-state index in [4.69, 9.17) is 0 Å². The van der Waals surface area contributed by atoms with Crippen LogP contribution in [0.3, 0.4) is 0 Å². The van der Waals surface area contributed by atoms with Crippen LogP contribution in [0, 0.1) is 11.8 Å². The van der Waals surface area contributed by atoms with E-state index in [0.29, 0.717) is 0 Å². The molecule has 0 bridgehead atoms. The molecule has 2 nitrogen and oxygen atoms in total. The monoisotopic (exact) mass is 283 g/mol. The maximum absolute atomic E-state index is 9.36. The molecule has 2 unspecified atom stereocenters. The van der Waals surface area contributed by atoms with E-state index in [0.717, 1.165) is 35.0 Å². The Morgan fingerprint density at radius 1 is 1.31 bits per heavy atom. The molecular weight excluding hydrogens is 266 g/mol. The van der Waals surface area contributed by atoms with Crippen molar-refractivity contribution < 1.29 is 5.11 Å². The fourth-order valence-corrected chi connectivity index (χ4v) is 2.64. The lowest BCUT2D eigenvalue weighted by Crippen LogP contribution is -2.21. The van der Waals surface area contributed by atoms with E-state index in [2.05, 4.69) is 40.7 Å². The number of rotatable bonds is 2. The normalized spacial score (nSPS) is 25.1. The van der Waals surface area contributed by atoms with Crippen LogP contribution in [-0.4, -0.2) is 18.2 Å². The van der Waals surface area contributed by atoms with E-state index in [9.17, 15) is 5.11 Å². The molecule has 1 saturated heterocycles. The van der Waals surface area contributed by atoms with Crippen LogP contribution in [0.5, 0.6) is 0 Å². The Bertz CT molecular complexity index is 370. The van der Waals surface area contributed by atoms with Gasteiger partial charge in [-0.05, 0) is 24.0 Å². The molecule has 1 aliphatic heterocycles. The average Bonchev–Trinajstić information content (AvgIpc) is 2.59. The van der Waals surface area contributed by atoms with Gasteiger partial charge < -0.3 is 10.0 Å². The maximum atomic E-state index is 9.36. The minimum Gasteiger partial charge on any atom is -0.392 e. The fraction of sp³-hybridized carbons (Fsp3) is 0.538. The SMILES string of the molecule is CC1CN(c2cc(Br)ccc2CO)CC1C. The molecule has 1 heterocycles. The van der Waals surface area contributed by atoms with Crippen molar-refractivity contribution in [2.75, 3.05) is 18.0 Å². The number of anilines is 1. The van der Waals surface area contributed by atoms with Crippen LogP contribution < -0.4 is 4.90 Å². The van der Waals surface area contributed by atoms with Crippen LogP contribution in [-0.2, 0) is 6.61 Å². The van der Waals surface area contributed by atoms with Crippen LogP contribution in [0.25, 0.3) is 0 Å². The molecule has 1 aliphatic rings. The van der Waals surface area contributed by atoms with Gasteiger partial charge in [-0.2, -0.15) is 0 Å². The van der Waals surface area contributed by atoms with Crippen molar-refractivity contribution in [2.24, 2.45) is 11.8 Å². The zero-order valence-electron chi connectivity index (χ0n) is 9.78. The minimum atomic E-state index is 0.113. The summed E-state index contributed by atoms with van der Waals surface area (Å²) in [5.41, 5.74) is 2.19. The van der Waals surface area contributed by atoms with Crippen molar-refractivity contribution in [3.05, 3.63) is 28.2 Å². The number of halogens is 1. The largest absolute Gasteiger partial charge is 0.392 e. The molecule has 1 aromatic rings. The van der Waals surface area contributed by atoms with Crippen molar-refractivity contribution in [3.8, 4) is 0 Å². The van der Waals surface area contributed by atoms with Crippen LogP contribution in [0.4, 0.5) is 5.69 Å². The van der Waals surface area contributed by atoms with E-state index in [1.165, 1.54) is 5.69 Å². The second kappa shape index (κ2) is 4.76. The second-order valence-corrected chi connectivity index (χ2v) is 5.71. The van der Waals surface area contributed by atoms with Gasteiger partial charge in [0.05, 0.1) is 6.61 Å². The maximum Gasteiger partial charge on any atom is 0.0702 e. The molecule has 16 heavy (non-hydrogen) atoms. The average molecular weight is 284 g/mol. The zero-order chi connectivity index (χ0) is 11.7. The summed E-state index contributed by atoms with van der Waals surface area (Å²) in [5.74, 6) is 1.45. The van der Waals surface area contributed by atoms with Crippen molar-refractivity contribution >= 4 is 21.6 Å². The molecule has 0 saturated carbocycles. The number of benzene rings is 1. The van der Waals surface area contributed by atoms with Crippen LogP contribution in [0.2, 0.25) is 0 Å². The lowest BCUT2D eigenvalue weighted by atomic mass is 10.0. The van der Waals surface area contributed by atoms with Gasteiger partial charge in [0.15, 0.2) is 0 Å². The second-order valence-electron chi connectivity index (χ2n) is 4.79. The number of nitrogens with zero attached hydrogens (tertiary/aromatic N) is 1. The summed E-state index contributed by atoms with van der Waals surface area (Å²) >= 11 is 3.49. The summed E-state index contributed by atoms with van der Waals surface area (Å²) in [5, 5.41) is 9.36. The van der Waals surface area contributed by atoms with Gasteiger partial charge in [0, 0.05) is 28.8 Å². The Balaban J connectivity index is 2.29. The third-order valence-electron chi connectivity index (χ3n) is 3.55. The van der Waals surface area contributed by atoms with Crippen molar-refractivity contribution in [3.63, 3.8) is 0 Å². The van der Waals surface area contributed by atoms with Gasteiger partial charge >= 0.3 is 0 Å². The van der Waals surface area contributed by atoms with Gasteiger partial charge in [0.1, 0.15) is 0 Å². The highest BCUT2D eigenvalue weighted by Crippen LogP contribution is 2.32. The van der Waals surface area contributed by atoms with Gasteiger partial charge in [-0.3, -0.25) is 0 Å². The summed E-state index contributed by atoms with van der Waals surface area (Å²) in [6.45, 7) is 6.87. The Morgan fingerprint density at radius 2 is 1.94 bits per heavy atom. The standard InChI is InChI=1S/C13H18BrNO/c1-9-6-15(7-10(9)2)13-5-12(14)4-3-11(13)8-16/h3-5,9-10,16H,6-8H2,1-2H3. The number of hydrogen-bond donors (Lipinski definition) is 1.